The number of benzene rings is 14. The van der Waals surface area contributed by atoms with Gasteiger partial charge in [0.25, 0.3) is 0 Å². The smallest absolute Gasteiger partial charge is 0.0541 e. The Morgan fingerprint density at radius 1 is 0.156 bits per heavy atom. The van der Waals surface area contributed by atoms with Crippen LogP contribution >= 0.6 is 0 Å². The largest absolute Gasteiger partial charge is 0.311 e. The van der Waals surface area contributed by atoms with E-state index >= 15 is 0 Å². The normalized spacial score (nSPS) is 11.6. The van der Waals surface area contributed by atoms with Crippen molar-refractivity contribution in [2.75, 3.05) is 14.7 Å². The van der Waals surface area contributed by atoms with E-state index in [1.165, 1.54) is 71.0 Å². The Balaban J connectivity index is 0.750. The Morgan fingerprint density at radius 3 is 0.711 bits per heavy atom. The fourth-order valence-electron chi connectivity index (χ4n) is 13.7. The lowest BCUT2D eigenvalue weighted by Crippen LogP contribution is -2.13. The molecule has 0 saturated carbocycles. The van der Waals surface area contributed by atoms with E-state index in [-0.39, 0.29) is 0 Å². The van der Waals surface area contributed by atoms with E-state index in [0.717, 1.165) is 73.8 Å². The molecule has 0 aliphatic rings. The van der Waals surface area contributed by atoms with Crippen molar-refractivity contribution in [1.29, 1.82) is 0 Å². The van der Waals surface area contributed by atoms with Crippen LogP contribution in [0.25, 0.3) is 93.6 Å². The Bertz CT molecular complexity index is 5090. The molecule has 14 aromatic carbocycles. The maximum Gasteiger partial charge on any atom is 0.0541 e. The highest BCUT2D eigenvalue weighted by Crippen LogP contribution is 2.44. The van der Waals surface area contributed by atoms with Crippen LogP contribution in [-0.4, -0.2) is 13.7 Å². The summed E-state index contributed by atoms with van der Waals surface area (Å²) in [6.07, 6.45) is 0. The highest BCUT2D eigenvalue weighted by atomic mass is 15.2. The topological polar surface area (TPSA) is 24.5 Å². The van der Waals surface area contributed by atoms with E-state index in [1.54, 1.807) is 0 Å². The third kappa shape index (κ3) is 8.96. The number of fused-ring (bicyclic) bond motifs is 9. The second kappa shape index (κ2) is 22.0. The summed E-state index contributed by atoms with van der Waals surface area (Å²) in [5.74, 6) is 0. The predicted octanol–water partition coefficient (Wildman–Crippen LogP) is 23.1. The second-order valence-electron chi connectivity index (χ2n) is 22.9. The van der Waals surface area contributed by atoms with Crippen LogP contribution in [0.3, 0.4) is 0 Å². The Labute approximate surface area is 522 Å². The first-order valence-electron chi connectivity index (χ1n) is 30.7. The van der Waals surface area contributed by atoms with Crippen molar-refractivity contribution < 1.29 is 0 Å². The zero-order chi connectivity index (χ0) is 59.5. The minimum atomic E-state index is 1.03. The lowest BCUT2D eigenvalue weighted by atomic mass is 10.0. The van der Waals surface area contributed by atoms with Crippen LogP contribution in [-0.2, 0) is 0 Å². The summed E-state index contributed by atoms with van der Waals surface area (Å²) in [6.45, 7) is 0. The number of rotatable bonds is 13. The maximum atomic E-state index is 2.37. The highest BCUT2D eigenvalue weighted by Gasteiger charge is 2.21. The van der Waals surface area contributed by atoms with Crippen LogP contribution in [0.15, 0.2) is 352 Å². The molecule has 0 atom stereocenters. The minimum Gasteiger partial charge on any atom is -0.311 e. The van der Waals surface area contributed by atoms with Crippen molar-refractivity contribution in [3.05, 3.63) is 352 Å². The fraction of sp³-hybridized carbons (Fsp3) is 0. The summed E-state index contributed by atoms with van der Waals surface area (Å²) >= 11 is 0. The van der Waals surface area contributed by atoms with Crippen LogP contribution in [0.4, 0.5) is 51.2 Å². The van der Waals surface area contributed by atoms with Gasteiger partial charge in [-0.25, -0.2) is 0 Å². The van der Waals surface area contributed by atoms with Crippen LogP contribution < -0.4 is 14.7 Å². The van der Waals surface area contributed by atoms with Gasteiger partial charge in [0.05, 0.1) is 33.1 Å². The molecular weight excluding hydrogens is 1090 g/mol. The van der Waals surface area contributed by atoms with Gasteiger partial charge in [-0.3, -0.25) is 0 Å². The summed E-state index contributed by atoms with van der Waals surface area (Å²) in [7, 11) is 0. The molecule has 424 valence electrons. The first kappa shape index (κ1) is 52.2. The predicted molar refractivity (Wildman–Crippen MR) is 379 cm³/mol. The van der Waals surface area contributed by atoms with Crippen LogP contribution in [0.1, 0.15) is 0 Å². The molecule has 0 unspecified atom stereocenters. The fourth-order valence-corrected chi connectivity index (χ4v) is 13.7. The van der Waals surface area contributed by atoms with Crippen molar-refractivity contribution in [2.24, 2.45) is 0 Å². The SMILES string of the molecule is c1ccc(N(c2ccc(N(c3ccc(-c4ccc5c(c4)c4ccccc4n5-c4ccccc4)cc3)c3ccc(N(c4ccccc4)c4ccc(-n5c6ccccc6c6ccccc65)cc4)cc3)cc2)c2ccc(-n3c4ccccc4c4ccccc43)cc2)cc1. The molecule has 90 heavy (non-hydrogen) atoms. The average Bonchev–Trinajstić information content (AvgIpc) is 1.67. The zero-order valence-corrected chi connectivity index (χ0v) is 49.2. The van der Waals surface area contributed by atoms with Gasteiger partial charge in [-0.15, -0.1) is 0 Å². The van der Waals surface area contributed by atoms with E-state index < -0.39 is 0 Å². The summed E-state index contributed by atoms with van der Waals surface area (Å²) < 4.78 is 7.12. The van der Waals surface area contributed by atoms with Gasteiger partial charge in [0.2, 0.25) is 0 Å². The number of para-hydroxylation sites is 8. The standard InChI is InChI=1S/C84H58N6/c1-4-20-61(21-5-1)85(67-49-53-71(54-50-67)89-79-31-15-10-26-73(79)74-27-11-16-32-80(74)89)65-41-45-69(46-42-65)87(64-39-36-59(37-40-64)60-38-57-84-78(58-60)77-30-14-19-35-83(77)88(84)63-24-8-3-9-25-63)70-47-43-66(44-48-70)86(62-22-6-2-7-23-62)68-51-55-72(56-52-68)90-81-33-17-12-28-75(81)76-29-13-18-34-82(76)90/h1-58H. The molecule has 0 spiro atoms. The van der Waals surface area contributed by atoms with Crippen LogP contribution in [0.2, 0.25) is 0 Å². The van der Waals surface area contributed by atoms with E-state index in [4.69, 9.17) is 0 Å². The number of aromatic nitrogens is 3. The van der Waals surface area contributed by atoms with Gasteiger partial charge in [0, 0.05) is 101 Å². The molecule has 6 heteroatoms. The minimum absolute atomic E-state index is 1.03. The summed E-state index contributed by atoms with van der Waals surface area (Å²) in [4.78, 5) is 7.05. The molecule has 0 aliphatic carbocycles. The van der Waals surface area contributed by atoms with Crippen molar-refractivity contribution in [2.45, 2.75) is 0 Å². The van der Waals surface area contributed by atoms with Gasteiger partial charge in [0.1, 0.15) is 0 Å². The van der Waals surface area contributed by atoms with Crippen molar-refractivity contribution in [3.8, 4) is 28.2 Å². The van der Waals surface area contributed by atoms with Gasteiger partial charge in [0.15, 0.2) is 0 Å². The molecule has 3 aromatic heterocycles. The molecule has 0 amide bonds. The molecule has 0 aliphatic heterocycles. The van der Waals surface area contributed by atoms with Crippen molar-refractivity contribution in [1.82, 2.24) is 13.7 Å². The molecule has 17 rings (SSSR count). The number of hydrogen-bond donors (Lipinski definition) is 0. The highest BCUT2D eigenvalue weighted by molar-refractivity contribution is 6.12. The van der Waals surface area contributed by atoms with E-state index in [0.29, 0.717) is 0 Å². The molecule has 0 radical (unpaired) electrons. The third-order valence-electron chi connectivity index (χ3n) is 17.8. The monoisotopic (exact) mass is 1150 g/mol. The summed E-state index contributed by atoms with van der Waals surface area (Å²) in [5.41, 5.74) is 22.3. The maximum absolute atomic E-state index is 2.37. The second-order valence-corrected chi connectivity index (χ2v) is 22.9. The average molecular weight is 1150 g/mol. The van der Waals surface area contributed by atoms with Gasteiger partial charge in [-0.05, 0) is 199 Å². The summed E-state index contributed by atoms with van der Waals surface area (Å²) in [5, 5.41) is 7.45. The quantitative estimate of drug-likeness (QED) is 0.115. The third-order valence-corrected chi connectivity index (χ3v) is 17.8. The molecular formula is C84H58N6. The van der Waals surface area contributed by atoms with Gasteiger partial charge < -0.3 is 28.4 Å². The lowest BCUT2D eigenvalue weighted by molar-refractivity contribution is 1.17. The Morgan fingerprint density at radius 2 is 0.378 bits per heavy atom. The molecule has 6 nitrogen and oxygen atoms in total. The molecule has 0 saturated heterocycles. The first-order chi connectivity index (χ1) is 44.7. The van der Waals surface area contributed by atoms with Crippen molar-refractivity contribution >= 4 is 117 Å². The summed E-state index contributed by atoms with van der Waals surface area (Å²) in [6, 6.07) is 127. The van der Waals surface area contributed by atoms with E-state index in [9.17, 15) is 0 Å². The van der Waals surface area contributed by atoms with Gasteiger partial charge in [-0.1, -0.05) is 164 Å². The first-order valence-corrected chi connectivity index (χ1v) is 30.7. The van der Waals surface area contributed by atoms with Gasteiger partial charge in [-0.2, -0.15) is 0 Å². The number of hydrogen-bond acceptors (Lipinski definition) is 3. The molecule has 3 heterocycles. The van der Waals surface area contributed by atoms with E-state index in [1.807, 2.05) is 0 Å². The van der Waals surface area contributed by atoms with Crippen molar-refractivity contribution in [3.63, 3.8) is 0 Å². The molecule has 0 N–H and O–H groups in total. The molecule has 17 aromatic rings. The van der Waals surface area contributed by atoms with E-state index in [2.05, 4.69) is 380 Å². The lowest BCUT2D eigenvalue weighted by Gasteiger charge is -2.29. The molecule has 0 fully saturated rings. The number of anilines is 9. The molecule has 0 bridgehead atoms. The zero-order valence-electron chi connectivity index (χ0n) is 49.2. The number of nitrogens with zero attached hydrogens (tertiary/aromatic N) is 6. The van der Waals surface area contributed by atoms with Gasteiger partial charge >= 0.3 is 0 Å². The van der Waals surface area contributed by atoms with Crippen LogP contribution in [0.5, 0.6) is 0 Å². The Kier molecular flexibility index (Phi) is 12.8. The van der Waals surface area contributed by atoms with Crippen LogP contribution in [0, 0.1) is 0 Å². The Hall–Kier alpha value is -12.1.